The minimum atomic E-state index is -0.332. The Labute approximate surface area is 141 Å². The van der Waals surface area contributed by atoms with E-state index < -0.39 is 0 Å². The highest BCUT2D eigenvalue weighted by molar-refractivity contribution is 7.16. The quantitative estimate of drug-likeness (QED) is 0.646. The molecule has 2 heterocycles. The predicted octanol–water partition coefficient (Wildman–Crippen LogP) is 5.30. The molecule has 0 bridgehead atoms. The van der Waals surface area contributed by atoms with E-state index in [1.807, 2.05) is 23.6 Å². The fourth-order valence-electron chi connectivity index (χ4n) is 2.38. The average molecular weight is 354 g/mol. The van der Waals surface area contributed by atoms with Crippen molar-refractivity contribution in [2.45, 2.75) is 13.3 Å². The van der Waals surface area contributed by atoms with Crippen LogP contribution in [-0.4, -0.2) is 17.6 Å². The lowest BCUT2D eigenvalue weighted by atomic mass is 10.0. The molecule has 2 aromatic heterocycles. The van der Waals surface area contributed by atoms with Crippen LogP contribution in [0.4, 0.5) is 0 Å². The third-order valence-electron chi connectivity index (χ3n) is 3.38. The molecule has 1 N–H and O–H groups in total. The summed E-state index contributed by atoms with van der Waals surface area (Å²) >= 11 is 13.6. The van der Waals surface area contributed by atoms with Crippen LogP contribution in [0.3, 0.4) is 0 Å². The number of rotatable bonds is 4. The molecule has 0 radical (unpaired) electrons. The summed E-state index contributed by atoms with van der Waals surface area (Å²) in [5.41, 5.74) is 2.43. The SMILES string of the molecule is CCOC(=O)c1[nH]c2sccc2c1Cc1ccc(Cl)c(Cl)c1. The van der Waals surface area contributed by atoms with Crippen molar-refractivity contribution in [2.75, 3.05) is 6.61 Å². The van der Waals surface area contributed by atoms with Crippen LogP contribution in [0.2, 0.25) is 10.0 Å². The molecule has 0 atom stereocenters. The van der Waals surface area contributed by atoms with Crippen molar-refractivity contribution >= 4 is 50.7 Å². The van der Waals surface area contributed by atoms with Crippen LogP contribution in [-0.2, 0) is 11.2 Å². The lowest BCUT2D eigenvalue weighted by Crippen LogP contribution is -2.08. The number of fused-ring (bicyclic) bond motifs is 1. The first-order chi connectivity index (χ1) is 10.6. The molecule has 0 saturated heterocycles. The molecule has 0 aliphatic heterocycles. The molecule has 0 aliphatic rings. The van der Waals surface area contributed by atoms with Gasteiger partial charge in [-0.3, -0.25) is 0 Å². The molecule has 1 aromatic carbocycles. The smallest absolute Gasteiger partial charge is 0.355 e. The summed E-state index contributed by atoms with van der Waals surface area (Å²) in [7, 11) is 0. The second-order valence-corrected chi connectivity index (χ2v) is 6.52. The topological polar surface area (TPSA) is 42.1 Å². The largest absolute Gasteiger partial charge is 0.461 e. The van der Waals surface area contributed by atoms with Crippen molar-refractivity contribution < 1.29 is 9.53 Å². The monoisotopic (exact) mass is 353 g/mol. The maximum Gasteiger partial charge on any atom is 0.355 e. The Morgan fingerprint density at radius 2 is 2.09 bits per heavy atom. The van der Waals surface area contributed by atoms with Gasteiger partial charge in [-0.25, -0.2) is 4.79 Å². The van der Waals surface area contributed by atoms with Crippen LogP contribution in [0.15, 0.2) is 29.6 Å². The van der Waals surface area contributed by atoms with E-state index in [4.69, 9.17) is 27.9 Å². The molecule has 0 saturated carbocycles. The number of hydrogen-bond acceptors (Lipinski definition) is 3. The number of carbonyl (C=O) groups is 1. The van der Waals surface area contributed by atoms with E-state index >= 15 is 0 Å². The van der Waals surface area contributed by atoms with Crippen molar-refractivity contribution in [3.8, 4) is 0 Å². The Morgan fingerprint density at radius 1 is 1.27 bits per heavy atom. The van der Waals surface area contributed by atoms with Gasteiger partial charge in [0, 0.05) is 11.8 Å². The normalized spacial score (nSPS) is 11.0. The predicted molar refractivity (Wildman–Crippen MR) is 91.4 cm³/mol. The molecule has 22 heavy (non-hydrogen) atoms. The molecule has 3 rings (SSSR count). The number of halogens is 2. The third-order valence-corrected chi connectivity index (χ3v) is 4.94. The van der Waals surface area contributed by atoms with Gasteiger partial charge in [0.2, 0.25) is 0 Å². The molecule has 0 amide bonds. The summed E-state index contributed by atoms with van der Waals surface area (Å²) in [5, 5.41) is 4.06. The second-order valence-electron chi connectivity index (χ2n) is 4.79. The van der Waals surface area contributed by atoms with Crippen molar-refractivity contribution in [3.63, 3.8) is 0 Å². The molecule has 3 aromatic rings. The maximum absolute atomic E-state index is 12.1. The van der Waals surface area contributed by atoms with Crippen LogP contribution in [0, 0.1) is 0 Å². The second kappa shape index (κ2) is 6.32. The van der Waals surface area contributed by atoms with E-state index in [-0.39, 0.29) is 5.97 Å². The van der Waals surface area contributed by atoms with Gasteiger partial charge in [-0.15, -0.1) is 11.3 Å². The Hall–Kier alpha value is -1.49. The van der Waals surface area contributed by atoms with Gasteiger partial charge in [0.15, 0.2) is 0 Å². The summed E-state index contributed by atoms with van der Waals surface area (Å²) < 4.78 is 5.14. The molecule has 0 spiro atoms. The number of hydrogen-bond donors (Lipinski definition) is 1. The highest BCUT2D eigenvalue weighted by atomic mass is 35.5. The zero-order valence-electron chi connectivity index (χ0n) is 11.8. The molecule has 6 heteroatoms. The Morgan fingerprint density at radius 3 is 2.82 bits per heavy atom. The van der Waals surface area contributed by atoms with Gasteiger partial charge in [0.1, 0.15) is 10.5 Å². The van der Waals surface area contributed by atoms with Crippen molar-refractivity contribution in [1.82, 2.24) is 4.98 Å². The summed E-state index contributed by atoms with van der Waals surface area (Å²) in [6.07, 6.45) is 0.585. The molecule has 0 fully saturated rings. The third kappa shape index (κ3) is 2.86. The highest BCUT2D eigenvalue weighted by Crippen LogP contribution is 2.31. The number of thiophene rings is 1. The fraction of sp³-hybridized carbons (Fsp3) is 0.188. The molecule has 0 unspecified atom stereocenters. The molecule has 114 valence electrons. The van der Waals surface area contributed by atoms with Crippen molar-refractivity contribution in [3.05, 3.63) is 56.5 Å². The van der Waals surface area contributed by atoms with Gasteiger partial charge >= 0.3 is 5.97 Å². The van der Waals surface area contributed by atoms with Crippen LogP contribution >= 0.6 is 34.5 Å². The highest BCUT2D eigenvalue weighted by Gasteiger charge is 2.20. The summed E-state index contributed by atoms with van der Waals surface area (Å²) in [4.78, 5) is 16.3. The standard InChI is InChI=1S/C16H13Cl2NO2S/c1-2-21-16(20)14-11(10-5-6-22-15(10)19-14)7-9-3-4-12(17)13(18)8-9/h3-6,8,19H,2,7H2,1H3. The molecular formula is C16H13Cl2NO2S. The zero-order valence-corrected chi connectivity index (χ0v) is 14.1. The van der Waals surface area contributed by atoms with Crippen molar-refractivity contribution in [2.24, 2.45) is 0 Å². The first-order valence-corrected chi connectivity index (χ1v) is 8.42. The van der Waals surface area contributed by atoms with Gasteiger partial charge in [-0.05, 0) is 41.6 Å². The van der Waals surface area contributed by atoms with Gasteiger partial charge < -0.3 is 9.72 Å². The summed E-state index contributed by atoms with van der Waals surface area (Å²) in [6, 6.07) is 7.51. The lowest BCUT2D eigenvalue weighted by Gasteiger charge is -2.06. The fourth-order valence-corrected chi connectivity index (χ4v) is 3.52. The molecular weight excluding hydrogens is 341 g/mol. The molecule has 0 aliphatic carbocycles. The first kappa shape index (κ1) is 15.4. The number of ether oxygens (including phenoxy) is 1. The van der Waals surface area contributed by atoms with Gasteiger partial charge in [0.05, 0.1) is 16.7 Å². The van der Waals surface area contributed by atoms with E-state index in [0.717, 1.165) is 21.3 Å². The van der Waals surface area contributed by atoms with Crippen molar-refractivity contribution in [1.29, 1.82) is 0 Å². The van der Waals surface area contributed by atoms with E-state index in [1.165, 1.54) is 0 Å². The zero-order chi connectivity index (χ0) is 15.7. The minimum Gasteiger partial charge on any atom is -0.461 e. The summed E-state index contributed by atoms with van der Waals surface area (Å²) in [5.74, 6) is -0.332. The van der Waals surface area contributed by atoms with Gasteiger partial charge in [-0.1, -0.05) is 29.3 Å². The Kier molecular flexibility index (Phi) is 4.43. The minimum absolute atomic E-state index is 0.332. The van der Waals surface area contributed by atoms with Gasteiger partial charge in [0.25, 0.3) is 0 Å². The van der Waals surface area contributed by atoms with E-state index in [0.29, 0.717) is 28.8 Å². The first-order valence-electron chi connectivity index (χ1n) is 6.79. The van der Waals surface area contributed by atoms with Crippen LogP contribution < -0.4 is 0 Å². The van der Waals surface area contributed by atoms with Crippen LogP contribution in [0.25, 0.3) is 10.2 Å². The van der Waals surface area contributed by atoms with Crippen LogP contribution in [0.1, 0.15) is 28.5 Å². The Balaban J connectivity index is 2.03. The average Bonchev–Trinajstić information content (AvgIpc) is 3.06. The van der Waals surface area contributed by atoms with E-state index in [9.17, 15) is 4.79 Å². The van der Waals surface area contributed by atoms with E-state index in [1.54, 1.807) is 24.3 Å². The number of benzene rings is 1. The molecule has 3 nitrogen and oxygen atoms in total. The number of aromatic nitrogens is 1. The van der Waals surface area contributed by atoms with Gasteiger partial charge in [-0.2, -0.15) is 0 Å². The van der Waals surface area contributed by atoms with E-state index in [2.05, 4.69) is 4.98 Å². The number of aromatic amines is 1. The Bertz CT molecular complexity index is 838. The summed E-state index contributed by atoms with van der Waals surface area (Å²) in [6.45, 7) is 2.14. The van der Waals surface area contributed by atoms with Crippen LogP contribution in [0.5, 0.6) is 0 Å². The number of nitrogens with one attached hydrogen (secondary N) is 1. The number of esters is 1. The number of carbonyl (C=O) groups excluding carboxylic acids is 1. The maximum atomic E-state index is 12.1. The number of H-pyrrole nitrogens is 1. The lowest BCUT2D eigenvalue weighted by molar-refractivity contribution is 0.0519.